The third kappa shape index (κ3) is 2.75. The van der Waals surface area contributed by atoms with Crippen LogP contribution < -0.4 is 5.32 Å². The van der Waals surface area contributed by atoms with E-state index in [0.29, 0.717) is 42.9 Å². The normalized spacial score (nSPS) is 28.3. The van der Waals surface area contributed by atoms with E-state index in [1.54, 1.807) is 28.2 Å². The minimum Gasteiger partial charge on any atom is -0.325 e. The molecule has 0 radical (unpaired) electrons. The largest absolute Gasteiger partial charge is 0.325 e. The van der Waals surface area contributed by atoms with E-state index < -0.39 is 10.0 Å². The Labute approximate surface area is 146 Å². The summed E-state index contributed by atoms with van der Waals surface area (Å²) in [5, 5.41) is 2.82. The topological polar surface area (TPSA) is 69.7 Å². The molecule has 3 heterocycles. The number of nitrogens with one attached hydrogen (secondary N) is 1. The lowest BCUT2D eigenvalue weighted by molar-refractivity contribution is -0.115. The molecule has 1 N–H and O–H groups in total. The van der Waals surface area contributed by atoms with Gasteiger partial charge < -0.3 is 10.2 Å². The fourth-order valence-electron chi connectivity index (χ4n) is 3.84. The summed E-state index contributed by atoms with van der Waals surface area (Å²) >= 11 is 1.58. The number of nitrogens with zero attached hydrogens (tertiary/aromatic N) is 2. The minimum absolute atomic E-state index is 0.0619. The summed E-state index contributed by atoms with van der Waals surface area (Å²) in [5.74, 6) is 1.08. The Morgan fingerprint density at radius 3 is 2.92 bits per heavy atom. The number of hydrogen-bond donors (Lipinski definition) is 1. The van der Waals surface area contributed by atoms with E-state index in [1.807, 2.05) is 6.07 Å². The maximum Gasteiger partial charge on any atom is 0.243 e. The Balaban J connectivity index is 1.62. The smallest absolute Gasteiger partial charge is 0.243 e. The zero-order valence-corrected chi connectivity index (χ0v) is 15.2. The fourth-order valence-corrected chi connectivity index (χ4v) is 6.32. The van der Waals surface area contributed by atoms with Gasteiger partial charge >= 0.3 is 0 Å². The second-order valence-corrected chi connectivity index (χ2v) is 9.80. The molecular formula is C16H21N3O3S2. The standard InChI is InChI=1S/C16H21N3O3S2/c1-18-6-4-11-9-19(10-14(11)18)24(21,22)12-2-3-15-13(8-12)17-16(20)5-7-23-15/h2-3,8,11,14H,4-7,9-10H2,1H3,(H,17,20)/t11-,14+/m1/s1. The van der Waals surface area contributed by atoms with Crippen LogP contribution in [-0.4, -0.2) is 62.0 Å². The van der Waals surface area contributed by atoms with Gasteiger partial charge in [0.05, 0.1) is 10.6 Å². The first-order chi connectivity index (χ1) is 11.4. The number of hydrogen-bond acceptors (Lipinski definition) is 5. The van der Waals surface area contributed by atoms with Crippen LogP contribution in [0.25, 0.3) is 0 Å². The molecule has 1 aromatic rings. The molecular weight excluding hydrogens is 346 g/mol. The third-order valence-electron chi connectivity index (χ3n) is 5.24. The maximum absolute atomic E-state index is 13.0. The quantitative estimate of drug-likeness (QED) is 0.857. The number of likely N-dealkylation sites (tertiary alicyclic amines) is 1. The van der Waals surface area contributed by atoms with Gasteiger partial charge in [0, 0.05) is 36.2 Å². The summed E-state index contributed by atoms with van der Waals surface area (Å²) < 4.78 is 27.6. The van der Waals surface area contributed by atoms with Crippen molar-refractivity contribution in [1.29, 1.82) is 0 Å². The Morgan fingerprint density at radius 2 is 2.12 bits per heavy atom. The first kappa shape index (κ1) is 16.4. The van der Waals surface area contributed by atoms with E-state index in [9.17, 15) is 13.2 Å². The fraction of sp³-hybridized carbons (Fsp3) is 0.562. The Hall–Kier alpha value is -1.09. The third-order valence-corrected chi connectivity index (χ3v) is 8.14. The molecule has 6 nitrogen and oxygen atoms in total. The van der Waals surface area contributed by atoms with Crippen LogP contribution in [0.4, 0.5) is 5.69 Å². The number of amides is 1. The molecule has 1 amide bonds. The van der Waals surface area contributed by atoms with Crippen molar-refractivity contribution in [2.75, 3.05) is 37.8 Å². The number of likely N-dealkylation sites (N-methyl/N-ethyl adjacent to an activating group) is 1. The number of thioether (sulfide) groups is 1. The van der Waals surface area contributed by atoms with Gasteiger partial charge in [-0.1, -0.05) is 0 Å². The number of carbonyl (C=O) groups excluding carboxylic acids is 1. The number of fused-ring (bicyclic) bond motifs is 2. The zero-order valence-electron chi connectivity index (χ0n) is 13.6. The number of rotatable bonds is 2. The summed E-state index contributed by atoms with van der Waals surface area (Å²) in [7, 11) is -1.46. The lowest BCUT2D eigenvalue weighted by Crippen LogP contribution is -2.35. The van der Waals surface area contributed by atoms with Crippen LogP contribution in [-0.2, 0) is 14.8 Å². The van der Waals surface area contributed by atoms with Crippen LogP contribution in [0.1, 0.15) is 12.8 Å². The van der Waals surface area contributed by atoms with Gasteiger partial charge in [-0.2, -0.15) is 4.31 Å². The lowest BCUT2D eigenvalue weighted by Gasteiger charge is -2.21. The van der Waals surface area contributed by atoms with Gasteiger partial charge in [-0.05, 0) is 44.1 Å². The van der Waals surface area contributed by atoms with Crippen LogP contribution in [0.2, 0.25) is 0 Å². The first-order valence-corrected chi connectivity index (χ1v) is 10.6. The molecule has 0 bridgehead atoms. The molecule has 4 rings (SSSR count). The average molecular weight is 367 g/mol. The van der Waals surface area contributed by atoms with Gasteiger partial charge in [-0.25, -0.2) is 8.42 Å². The molecule has 2 saturated heterocycles. The van der Waals surface area contributed by atoms with E-state index in [1.165, 1.54) is 0 Å². The monoisotopic (exact) mass is 367 g/mol. The molecule has 8 heteroatoms. The van der Waals surface area contributed by atoms with Crippen molar-refractivity contribution >= 4 is 33.4 Å². The van der Waals surface area contributed by atoms with Crippen molar-refractivity contribution in [2.24, 2.45) is 5.92 Å². The molecule has 0 unspecified atom stereocenters. The average Bonchev–Trinajstić information content (AvgIpc) is 3.05. The van der Waals surface area contributed by atoms with Gasteiger partial charge in [-0.3, -0.25) is 4.79 Å². The van der Waals surface area contributed by atoms with Crippen LogP contribution in [0.15, 0.2) is 28.0 Å². The molecule has 0 aromatic heterocycles. The molecule has 2 atom stereocenters. The van der Waals surface area contributed by atoms with E-state index in [0.717, 1.165) is 17.9 Å². The highest BCUT2D eigenvalue weighted by atomic mass is 32.2. The Morgan fingerprint density at radius 1 is 1.29 bits per heavy atom. The number of anilines is 1. The van der Waals surface area contributed by atoms with Crippen molar-refractivity contribution in [3.05, 3.63) is 18.2 Å². The summed E-state index contributed by atoms with van der Waals surface area (Å²) in [4.78, 5) is 15.2. The highest BCUT2D eigenvalue weighted by Crippen LogP contribution is 2.36. The van der Waals surface area contributed by atoms with Crippen molar-refractivity contribution in [3.63, 3.8) is 0 Å². The molecule has 2 fully saturated rings. The molecule has 130 valence electrons. The van der Waals surface area contributed by atoms with Crippen LogP contribution in [0, 0.1) is 5.92 Å². The van der Waals surface area contributed by atoms with E-state index in [2.05, 4.69) is 17.3 Å². The first-order valence-electron chi connectivity index (χ1n) is 8.22. The number of benzene rings is 1. The lowest BCUT2D eigenvalue weighted by atomic mass is 10.1. The van der Waals surface area contributed by atoms with Crippen molar-refractivity contribution in [3.8, 4) is 0 Å². The van der Waals surface area contributed by atoms with Crippen molar-refractivity contribution < 1.29 is 13.2 Å². The number of sulfonamides is 1. The SMILES string of the molecule is CN1CC[C@@H]2CN(S(=O)(=O)c3ccc4c(c3)NC(=O)CCS4)C[C@@H]21. The maximum atomic E-state index is 13.0. The molecule has 0 aliphatic carbocycles. The van der Waals surface area contributed by atoms with Crippen LogP contribution in [0.5, 0.6) is 0 Å². The number of carbonyl (C=O) groups is 1. The van der Waals surface area contributed by atoms with E-state index >= 15 is 0 Å². The summed E-state index contributed by atoms with van der Waals surface area (Å²) in [6, 6.07) is 5.41. The molecule has 0 saturated carbocycles. The van der Waals surface area contributed by atoms with Gasteiger partial charge in [0.15, 0.2) is 0 Å². The Bertz CT molecular complexity index is 781. The highest BCUT2D eigenvalue weighted by molar-refractivity contribution is 7.99. The highest BCUT2D eigenvalue weighted by Gasteiger charge is 2.44. The zero-order chi connectivity index (χ0) is 16.9. The summed E-state index contributed by atoms with van der Waals surface area (Å²) in [6.07, 6.45) is 1.51. The van der Waals surface area contributed by atoms with E-state index in [4.69, 9.17) is 0 Å². The van der Waals surface area contributed by atoms with Crippen LogP contribution >= 0.6 is 11.8 Å². The second-order valence-electron chi connectivity index (χ2n) is 6.72. The second kappa shape index (κ2) is 6.01. The predicted molar refractivity (Wildman–Crippen MR) is 93.7 cm³/mol. The van der Waals surface area contributed by atoms with Gasteiger partial charge in [0.25, 0.3) is 0 Å². The van der Waals surface area contributed by atoms with Gasteiger partial charge in [0.1, 0.15) is 0 Å². The van der Waals surface area contributed by atoms with Crippen molar-refractivity contribution in [1.82, 2.24) is 9.21 Å². The molecule has 0 spiro atoms. The molecule has 3 aliphatic rings. The molecule has 1 aromatic carbocycles. The van der Waals surface area contributed by atoms with E-state index in [-0.39, 0.29) is 10.8 Å². The van der Waals surface area contributed by atoms with Gasteiger partial charge in [0.2, 0.25) is 15.9 Å². The Kier molecular flexibility index (Phi) is 4.11. The summed E-state index contributed by atoms with van der Waals surface area (Å²) in [6.45, 7) is 2.20. The molecule has 3 aliphatic heterocycles. The van der Waals surface area contributed by atoms with Crippen LogP contribution in [0.3, 0.4) is 0 Å². The predicted octanol–water partition coefficient (Wildman–Crippen LogP) is 1.45. The van der Waals surface area contributed by atoms with Gasteiger partial charge in [-0.15, -0.1) is 11.8 Å². The van der Waals surface area contributed by atoms with Crippen molar-refractivity contribution in [2.45, 2.75) is 28.7 Å². The molecule has 24 heavy (non-hydrogen) atoms. The minimum atomic E-state index is -3.52. The summed E-state index contributed by atoms with van der Waals surface area (Å²) in [5.41, 5.74) is 0.611.